The van der Waals surface area contributed by atoms with Gasteiger partial charge in [-0.2, -0.15) is 13.2 Å². The number of alkyl halides is 3. The molecule has 32 heavy (non-hydrogen) atoms. The highest BCUT2D eigenvalue weighted by Crippen LogP contribution is 2.33. The van der Waals surface area contributed by atoms with Gasteiger partial charge in [0.2, 0.25) is 5.91 Å². The van der Waals surface area contributed by atoms with E-state index in [1.165, 1.54) is 30.8 Å². The molecule has 8 nitrogen and oxygen atoms in total. The Labute approximate surface area is 182 Å². The molecule has 1 N–H and O–H groups in total. The van der Waals surface area contributed by atoms with Crippen LogP contribution >= 0.6 is 0 Å². The van der Waals surface area contributed by atoms with E-state index >= 15 is 0 Å². The number of nitrogens with zero attached hydrogens (tertiary/aromatic N) is 4. The van der Waals surface area contributed by atoms with Crippen LogP contribution in [0.4, 0.5) is 18.9 Å². The number of imidazole rings is 1. The van der Waals surface area contributed by atoms with Gasteiger partial charge in [0, 0.05) is 12.5 Å². The minimum atomic E-state index is -4.65. The van der Waals surface area contributed by atoms with Crippen molar-refractivity contribution in [2.45, 2.75) is 38.8 Å². The summed E-state index contributed by atoms with van der Waals surface area (Å²) in [6, 6.07) is 2.08. The van der Waals surface area contributed by atoms with Crippen molar-refractivity contribution in [1.82, 2.24) is 19.5 Å². The van der Waals surface area contributed by atoms with Gasteiger partial charge in [0.05, 0.1) is 39.8 Å². The van der Waals surface area contributed by atoms with Crippen LogP contribution in [0.3, 0.4) is 0 Å². The third-order valence-electron chi connectivity index (χ3n) is 4.78. The summed E-state index contributed by atoms with van der Waals surface area (Å²) in [5.74, 6) is -0.524. The molecular formula is C20H22F3N5O3S. The molecule has 3 aromatic heterocycles. The minimum Gasteiger partial charge on any atom is -0.324 e. The molecular weight excluding hydrogens is 447 g/mol. The Morgan fingerprint density at radius 3 is 2.34 bits per heavy atom. The van der Waals surface area contributed by atoms with Gasteiger partial charge in [0.25, 0.3) is 0 Å². The van der Waals surface area contributed by atoms with Crippen LogP contribution in [0.1, 0.15) is 33.4 Å². The topological polar surface area (TPSA) is 107 Å². The lowest BCUT2D eigenvalue weighted by Gasteiger charge is -2.18. The molecule has 0 bridgehead atoms. The van der Waals surface area contributed by atoms with E-state index < -0.39 is 27.1 Å². The number of amides is 1. The molecule has 0 aliphatic rings. The second kappa shape index (κ2) is 7.84. The fourth-order valence-corrected chi connectivity index (χ4v) is 3.90. The molecule has 12 heteroatoms. The van der Waals surface area contributed by atoms with E-state index in [1.54, 1.807) is 20.8 Å². The third kappa shape index (κ3) is 4.45. The van der Waals surface area contributed by atoms with Crippen molar-refractivity contribution in [1.29, 1.82) is 0 Å². The van der Waals surface area contributed by atoms with E-state index in [4.69, 9.17) is 0 Å². The number of fused-ring (bicyclic) bond motifs is 1. The van der Waals surface area contributed by atoms with Crippen LogP contribution < -0.4 is 5.32 Å². The average Bonchev–Trinajstić information content (AvgIpc) is 3.02. The van der Waals surface area contributed by atoms with Crippen LogP contribution in [0.15, 0.2) is 29.4 Å². The fourth-order valence-electron chi connectivity index (χ4n) is 2.85. The molecule has 0 unspecified atom stereocenters. The monoisotopic (exact) mass is 469 g/mol. The van der Waals surface area contributed by atoms with Gasteiger partial charge in [-0.05, 0) is 12.1 Å². The van der Waals surface area contributed by atoms with E-state index in [2.05, 4.69) is 20.3 Å². The number of carbonyl (C=O) groups excluding carboxylic acids is 1. The Morgan fingerprint density at radius 1 is 1.12 bits per heavy atom. The standard InChI is InChI=1S/C20H22F3N5O3S/c1-6-32(30,31)14-7-11(26-18(29)19(2,3)4)9-25-16(14)17-27-12-8-15(20(21,22)23)24-10-13(12)28(17)5/h7-10H,6H2,1-5H3,(H,26,29). The van der Waals surface area contributed by atoms with Gasteiger partial charge in [0.1, 0.15) is 11.4 Å². The van der Waals surface area contributed by atoms with Gasteiger partial charge in [-0.15, -0.1) is 0 Å². The number of pyridine rings is 2. The van der Waals surface area contributed by atoms with E-state index in [1.807, 2.05) is 0 Å². The zero-order valence-electron chi connectivity index (χ0n) is 18.1. The van der Waals surface area contributed by atoms with Crippen LogP contribution in [-0.2, 0) is 27.9 Å². The smallest absolute Gasteiger partial charge is 0.324 e. The molecule has 1 amide bonds. The highest BCUT2D eigenvalue weighted by atomic mass is 32.2. The summed E-state index contributed by atoms with van der Waals surface area (Å²) in [5, 5.41) is 2.63. The number of carbonyl (C=O) groups is 1. The Morgan fingerprint density at radius 2 is 1.78 bits per heavy atom. The molecule has 0 spiro atoms. The average molecular weight is 469 g/mol. The molecule has 0 fully saturated rings. The molecule has 3 aromatic rings. The van der Waals surface area contributed by atoms with Crippen molar-refractivity contribution in [2.24, 2.45) is 12.5 Å². The van der Waals surface area contributed by atoms with E-state index in [0.717, 1.165) is 12.3 Å². The maximum atomic E-state index is 13.0. The lowest BCUT2D eigenvalue weighted by atomic mass is 9.95. The van der Waals surface area contributed by atoms with E-state index in [0.29, 0.717) is 0 Å². The summed E-state index contributed by atoms with van der Waals surface area (Å²) in [6.45, 7) is 6.57. The molecule has 3 heterocycles. The number of sulfone groups is 1. The minimum absolute atomic E-state index is 0.00316. The molecule has 0 radical (unpaired) electrons. The number of hydrogen-bond acceptors (Lipinski definition) is 6. The number of nitrogens with one attached hydrogen (secondary N) is 1. The molecule has 172 valence electrons. The lowest BCUT2D eigenvalue weighted by Crippen LogP contribution is -2.27. The summed E-state index contributed by atoms with van der Waals surface area (Å²) < 4.78 is 66.1. The molecule has 0 atom stereocenters. The Kier molecular flexibility index (Phi) is 5.79. The predicted molar refractivity (Wildman–Crippen MR) is 113 cm³/mol. The molecule has 3 rings (SSSR count). The van der Waals surface area contributed by atoms with Crippen LogP contribution in [0, 0.1) is 5.41 Å². The van der Waals surface area contributed by atoms with Gasteiger partial charge < -0.3 is 9.88 Å². The van der Waals surface area contributed by atoms with E-state index in [-0.39, 0.29) is 44.8 Å². The van der Waals surface area contributed by atoms with Crippen molar-refractivity contribution in [3.05, 3.63) is 30.2 Å². The van der Waals surface area contributed by atoms with Crippen molar-refractivity contribution < 1.29 is 26.4 Å². The number of rotatable bonds is 4. The molecule has 0 saturated heterocycles. The third-order valence-corrected chi connectivity index (χ3v) is 6.52. The maximum Gasteiger partial charge on any atom is 0.433 e. The van der Waals surface area contributed by atoms with Crippen molar-refractivity contribution in [3.8, 4) is 11.5 Å². The SMILES string of the molecule is CCS(=O)(=O)c1cc(NC(=O)C(C)(C)C)cnc1-c1nc2cc(C(F)(F)F)ncc2n1C. The van der Waals surface area contributed by atoms with Crippen molar-refractivity contribution >= 4 is 32.5 Å². The summed E-state index contributed by atoms with van der Waals surface area (Å²) in [6.07, 6.45) is -2.33. The van der Waals surface area contributed by atoms with Gasteiger partial charge >= 0.3 is 6.18 Å². The zero-order valence-corrected chi connectivity index (χ0v) is 18.9. The molecule has 0 saturated carbocycles. The van der Waals surface area contributed by atoms with Gasteiger partial charge in [0.15, 0.2) is 15.7 Å². The first-order valence-electron chi connectivity index (χ1n) is 9.59. The molecule has 0 aromatic carbocycles. The van der Waals surface area contributed by atoms with Crippen molar-refractivity contribution in [2.75, 3.05) is 11.1 Å². The highest BCUT2D eigenvalue weighted by molar-refractivity contribution is 7.91. The normalized spacial score (nSPS) is 12.9. The zero-order chi connectivity index (χ0) is 24.1. The first kappa shape index (κ1) is 23.6. The molecule has 0 aliphatic heterocycles. The van der Waals surface area contributed by atoms with Crippen LogP contribution in [0.2, 0.25) is 0 Å². The Balaban J connectivity index is 2.19. The quantitative estimate of drug-likeness (QED) is 0.623. The van der Waals surface area contributed by atoms with Crippen LogP contribution in [-0.4, -0.2) is 39.6 Å². The van der Waals surface area contributed by atoms with Gasteiger partial charge in [-0.1, -0.05) is 27.7 Å². The first-order valence-corrected chi connectivity index (χ1v) is 11.2. The fraction of sp³-hybridized carbons (Fsp3) is 0.400. The lowest BCUT2D eigenvalue weighted by molar-refractivity contribution is -0.141. The first-order chi connectivity index (χ1) is 14.6. The number of halogens is 3. The number of anilines is 1. The summed E-state index contributed by atoms with van der Waals surface area (Å²) in [4.78, 5) is 24.0. The second-order valence-corrected chi connectivity index (χ2v) is 10.5. The second-order valence-electron chi connectivity index (χ2n) is 8.23. The highest BCUT2D eigenvalue weighted by Gasteiger charge is 2.33. The summed E-state index contributed by atoms with van der Waals surface area (Å²) in [5.41, 5.74) is -1.41. The molecule has 0 aliphatic carbocycles. The number of hydrogen-bond donors (Lipinski definition) is 1. The largest absolute Gasteiger partial charge is 0.433 e. The summed E-state index contributed by atoms with van der Waals surface area (Å²) in [7, 11) is -2.29. The van der Waals surface area contributed by atoms with Crippen LogP contribution in [0.25, 0.3) is 22.6 Å². The van der Waals surface area contributed by atoms with Crippen LogP contribution in [0.5, 0.6) is 0 Å². The van der Waals surface area contributed by atoms with Gasteiger partial charge in [-0.3, -0.25) is 4.79 Å². The summed E-state index contributed by atoms with van der Waals surface area (Å²) >= 11 is 0. The Bertz CT molecular complexity index is 1310. The van der Waals surface area contributed by atoms with Gasteiger partial charge in [-0.25, -0.2) is 23.4 Å². The Hall–Kier alpha value is -3.02. The number of aromatic nitrogens is 4. The van der Waals surface area contributed by atoms with E-state index in [9.17, 15) is 26.4 Å². The number of aryl methyl sites for hydroxylation is 1. The van der Waals surface area contributed by atoms with Crippen molar-refractivity contribution in [3.63, 3.8) is 0 Å². The predicted octanol–water partition coefficient (Wildman–Crippen LogP) is 3.83. The maximum absolute atomic E-state index is 13.0.